The number of ether oxygens (including phenoxy) is 1. The van der Waals surface area contributed by atoms with Crippen LogP contribution in [0.4, 0.5) is 4.79 Å². The first kappa shape index (κ1) is 25.0. The second kappa shape index (κ2) is 9.53. The number of likely N-dealkylation sites (tertiary alicyclic amines) is 1. The van der Waals surface area contributed by atoms with Crippen molar-refractivity contribution in [3.8, 4) is 5.75 Å². The topological polar surface area (TPSA) is 73.3 Å². The summed E-state index contributed by atoms with van der Waals surface area (Å²) in [6.45, 7) is 7.91. The third-order valence-electron chi connectivity index (χ3n) is 7.73. The second-order valence-electron chi connectivity index (χ2n) is 10.8. The highest BCUT2D eigenvalue weighted by molar-refractivity contribution is 5.89. The smallest absolute Gasteiger partial charge is 0.407 e. The van der Waals surface area contributed by atoms with Crippen LogP contribution in [0.5, 0.6) is 5.75 Å². The number of benzene rings is 2. The number of carbonyl (C=O) groups excluding carboxylic acids is 1. The Morgan fingerprint density at radius 1 is 1.06 bits per heavy atom. The van der Waals surface area contributed by atoms with E-state index in [0.717, 1.165) is 23.3 Å². The molecule has 1 N–H and O–H groups in total. The lowest BCUT2D eigenvalue weighted by molar-refractivity contribution is -0.135. The van der Waals surface area contributed by atoms with Gasteiger partial charge in [-0.15, -0.1) is 0 Å². The Morgan fingerprint density at radius 2 is 1.66 bits per heavy atom. The number of methoxy groups -OCH3 is 1. The van der Waals surface area contributed by atoms with Crippen molar-refractivity contribution < 1.29 is 19.4 Å². The molecule has 0 saturated carbocycles. The Hall–Kier alpha value is -3.06. The SMILES string of the molecule is COc1ccc(CCN2C(=O)C3(CCN(C(=O)O)CC3)N(C)C2c2ccc(C(C)(C)C)cc2)cc1. The number of likely N-dealkylation sites (N-methyl/N-ethyl adjacent to an activating group) is 1. The average Bonchev–Trinajstić information content (AvgIpc) is 3.04. The maximum absolute atomic E-state index is 14.0. The lowest BCUT2D eigenvalue weighted by Crippen LogP contribution is -2.56. The molecule has 0 aliphatic carbocycles. The van der Waals surface area contributed by atoms with Crippen molar-refractivity contribution in [1.82, 2.24) is 14.7 Å². The summed E-state index contributed by atoms with van der Waals surface area (Å²) in [6.07, 6.45) is 0.635. The van der Waals surface area contributed by atoms with Crippen molar-refractivity contribution in [2.24, 2.45) is 0 Å². The molecule has 188 valence electrons. The average molecular weight is 480 g/mol. The van der Waals surface area contributed by atoms with E-state index in [1.165, 1.54) is 10.5 Å². The molecule has 1 atom stereocenters. The Bertz CT molecular complexity index is 1050. The quantitative estimate of drug-likeness (QED) is 0.683. The van der Waals surface area contributed by atoms with Gasteiger partial charge >= 0.3 is 6.09 Å². The maximum atomic E-state index is 14.0. The van der Waals surface area contributed by atoms with Gasteiger partial charge in [0.2, 0.25) is 5.91 Å². The minimum atomic E-state index is -0.918. The van der Waals surface area contributed by atoms with E-state index in [4.69, 9.17) is 4.74 Å². The summed E-state index contributed by atoms with van der Waals surface area (Å²) in [5.74, 6) is 0.912. The minimum Gasteiger partial charge on any atom is -0.497 e. The highest BCUT2D eigenvalue weighted by Crippen LogP contribution is 2.45. The number of amides is 2. The van der Waals surface area contributed by atoms with Crippen molar-refractivity contribution in [3.63, 3.8) is 0 Å². The molecular formula is C28H37N3O4. The number of carbonyl (C=O) groups is 2. The van der Waals surface area contributed by atoms with Crippen LogP contribution < -0.4 is 4.74 Å². The zero-order chi connectivity index (χ0) is 25.4. The fraction of sp³-hybridized carbons (Fsp3) is 0.500. The second-order valence-corrected chi connectivity index (χ2v) is 10.8. The minimum absolute atomic E-state index is 0.0505. The standard InChI is InChI=1S/C28H37N3O4/c1-27(2,3)22-10-8-21(9-11-22)24-29(4)28(15-18-30(19-16-28)26(33)34)25(32)31(24)17-14-20-6-12-23(35-5)13-7-20/h6-13,24H,14-19H2,1-5H3,(H,33,34). The van der Waals surface area contributed by atoms with E-state index < -0.39 is 11.6 Å². The normalized spacial score (nSPS) is 20.5. The van der Waals surface area contributed by atoms with Crippen LogP contribution in [-0.2, 0) is 16.6 Å². The summed E-state index contributed by atoms with van der Waals surface area (Å²) >= 11 is 0. The highest BCUT2D eigenvalue weighted by Gasteiger charge is 2.57. The van der Waals surface area contributed by atoms with Crippen LogP contribution in [0.3, 0.4) is 0 Å². The van der Waals surface area contributed by atoms with Crippen LogP contribution >= 0.6 is 0 Å². The van der Waals surface area contributed by atoms with Gasteiger partial charge in [0.25, 0.3) is 0 Å². The van der Waals surface area contributed by atoms with Crippen molar-refractivity contribution >= 4 is 12.0 Å². The van der Waals surface area contributed by atoms with Crippen molar-refractivity contribution in [2.75, 3.05) is 33.8 Å². The van der Waals surface area contributed by atoms with Gasteiger partial charge in [-0.05, 0) is 60.5 Å². The third-order valence-corrected chi connectivity index (χ3v) is 7.73. The maximum Gasteiger partial charge on any atom is 0.407 e. The third kappa shape index (κ3) is 4.74. The summed E-state index contributed by atoms with van der Waals surface area (Å²) in [6, 6.07) is 16.6. The molecular weight excluding hydrogens is 442 g/mol. The molecule has 2 fully saturated rings. The fourth-order valence-electron chi connectivity index (χ4n) is 5.43. The summed E-state index contributed by atoms with van der Waals surface area (Å²) in [7, 11) is 3.67. The molecule has 7 heteroatoms. The van der Waals surface area contributed by atoms with Gasteiger partial charge in [0.1, 0.15) is 17.5 Å². The first-order chi connectivity index (χ1) is 16.6. The predicted molar refractivity (Wildman–Crippen MR) is 136 cm³/mol. The molecule has 1 unspecified atom stereocenters. The van der Waals surface area contributed by atoms with E-state index in [-0.39, 0.29) is 17.5 Å². The Balaban J connectivity index is 1.63. The van der Waals surface area contributed by atoms with E-state index in [1.54, 1.807) is 7.11 Å². The van der Waals surface area contributed by atoms with Gasteiger partial charge in [0.05, 0.1) is 7.11 Å². The Labute approximate surface area is 208 Å². The molecule has 2 aliphatic heterocycles. The monoisotopic (exact) mass is 479 g/mol. The first-order valence-corrected chi connectivity index (χ1v) is 12.3. The fourth-order valence-corrected chi connectivity index (χ4v) is 5.43. The van der Waals surface area contributed by atoms with E-state index in [9.17, 15) is 14.7 Å². The van der Waals surface area contributed by atoms with Crippen LogP contribution in [0.2, 0.25) is 0 Å². The molecule has 2 saturated heterocycles. The zero-order valence-electron chi connectivity index (χ0n) is 21.5. The van der Waals surface area contributed by atoms with Gasteiger partial charge in [-0.25, -0.2) is 4.79 Å². The van der Waals surface area contributed by atoms with Crippen LogP contribution in [-0.4, -0.2) is 71.1 Å². The molecule has 35 heavy (non-hydrogen) atoms. The highest BCUT2D eigenvalue weighted by atomic mass is 16.5. The van der Waals surface area contributed by atoms with Crippen molar-refractivity contribution in [1.29, 1.82) is 0 Å². The number of rotatable bonds is 5. The molecule has 4 rings (SSSR count). The van der Waals surface area contributed by atoms with Crippen LogP contribution in [0.1, 0.15) is 56.5 Å². The number of hydrogen-bond acceptors (Lipinski definition) is 4. The van der Waals surface area contributed by atoms with Crippen molar-refractivity contribution in [2.45, 2.75) is 57.2 Å². The van der Waals surface area contributed by atoms with Crippen LogP contribution in [0, 0.1) is 0 Å². The molecule has 2 heterocycles. The van der Waals surface area contributed by atoms with Gasteiger partial charge in [-0.3, -0.25) is 9.69 Å². The summed E-state index contributed by atoms with van der Waals surface area (Å²) in [5.41, 5.74) is 2.85. The van der Waals surface area contributed by atoms with Crippen LogP contribution in [0.15, 0.2) is 48.5 Å². The molecule has 0 radical (unpaired) electrons. The van der Waals surface area contributed by atoms with Crippen LogP contribution in [0.25, 0.3) is 0 Å². The molecule has 2 aromatic rings. The van der Waals surface area contributed by atoms with Gasteiger partial charge in [-0.2, -0.15) is 0 Å². The Kier molecular flexibility index (Phi) is 6.82. The lowest BCUT2D eigenvalue weighted by atomic mass is 9.85. The molecule has 7 nitrogen and oxygen atoms in total. The molecule has 1 spiro atoms. The Morgan fingerprint density at radius 3 is 2.17 bits per heavy atom. The van der Waals surface area contributed by atoms with E-state index in [0.29, 0.717) is 32.5 Å². The number of hydrogen-bond donors (Lipinski definition) is 1. The molecule has 2 amide bonds. The lowest BCUT2D eigenvalue weighted by Gasteiger charge is -2.41. The summed E-state index contributed by atoms with van der Waals surface area (Å²) in [5, 5.41) is 9.43. The van der Waals surface area contributed by atoms with Gasteiger partial charge in [0.15, 0.2) is 0 Å². The zero-order valence-corrected chi connectivity index (χ0v) is 21.5. The van der Waals surface area contributed by atoms with Gasteiger partial charge in [0, 0.05) is 19.6 Å². The van der Waals surface area contributed by atoms with Gasteiger partial charge in [-0.1, -0.05) is 57.2 Å². The van der Waals surface area contributed by atoms with Gasteiger partial charge < -0.3 is 19.6 Å². The molecule has 2 aromatic carbocycles. The summed E-state index contributed by atoms with van der Waals surface area (Å²) in [4.78, 5) is 31.1. The molecule has 0 bridgehead atoms. The number of piperidine rings is 1. The summed E-state index contributed by atoms with van der Waals surface area (Å²) < 4.78 is 5.27. The molecule has 2 aliphatic rings. The van der Waals surface area contributed by atoms with E-state index in [2.05, 4.69) is 49.9 Å². The number of nitrogens with zero attached hydrogens (tertiary/aromatic N) is 3. The first-order valence-electron chi connectivity index (χ1n) is 12.3. The molecule has 0 aromatic heterocycles. The van der Waals surface area contributed by atoms with Crippen molar-refractivity contribution in [3.05, 3.63) is 65.2 Å². The van der Waals surface area contributed by atoms with E-state index in [1.807, 2.05) is 36.2 Å². The largest absolute Gasteiger partial charge is 0.497 e. The van der Waals surface area contributed by atoms with E-state index >= 15 is 0 Å². The number of carboxylic acid groups (broad SMARTS) is 1. The predicted octanol–water partition coefficient (Wildman–Crippen LogP) is 4.52.